The Morgan fingerprint density at radius 3 is 2.61 bits per heavy atom. The number of imidazole rings is 1. The van der Waals surface area contributed by atoms with Gasteiger partial charge < -0.3 is 14.4 Å². The minimum atomic E-state index is -0.505. The first-order chi connectivity index (χ1) is 14.9. The maximum atomic E-state index is 14.5. The summed E-state index contributed by atoms with van der Waals surface area (Å²) in [5.74, 6) is -0.00268. The highest BCUT2D eigenvalue weighted by Crippen LogP contribution is 2.31. The van der Waals surface area contributed by atoms with E-state index in [0.29, 0.717) is 28.2 Å². The summed E-state index contributed by atoms with van der Waals surface area (Å²) >= 11 is 0. The maximum absolute atomic E-state index is 14.5. The fourth-order valence-electron chi connectivity index (χ4n) is 3.49. The number of benzene rings is 2. The minimum Gasteiger partial charge on any atom is -0.508 e. The zero-order valence-electron chi connectivity index (χ0n) is 17.7. The van der Waals surface area contributed by atoms with E-state index in [0.717, 1.165) is 22.9 Å². The smallest absolute Gasteiger partial charge is 0.318 e. The largest absolute Gasteiger partial charge is 0.508 e. The third-order valence-corrected chi connectivity index (χ3v) is 5.02. The van der Waals surface area contributed by atoms with Crippen LogP contribution in [-0.4, -0.2) is 37.9 Å². The lowest BCUT2D eigenvalue weighted by Gasteiger charge is -2.11. The number of hydrogen-bond acceptors (Lipinski definition) is 6. The van der Waals surface area contributed by atoms with Crippen LogP contribution in [0.15, 0.2) is 41.4 Å². The Kier molecular flexibility index (Phi) is 5.37. The van der Waals surface area contributed by atoms with E-state index in [1.807, 2.05) is 43.5 Å². The van der Waals surface area contributed by atoms with E-state index < -0.39 is 5.82 Å². The number of rotatable bonds is 5. The molecule has 7 nitrogen and oxygen atoms in total. The number of halogens is 1. The lowest BCUT2D eigenvalue weighted by atomic mass is 10.1. The van der Waals surface area contributed by atoms with E-state index in [1.165, 1.54) is 13.2 Å². The lowest BCUT2D eigenvalue weighted by molar-refractivity contribution is 0.380. The fraction of sp³-hybridized carbons (Fsp3) is 0.217. The molecule has 0 amide bonds. The number of aryl methyl sites for hydroxylation is 2. The van der Waals surface area contributed by atoms with E-state index >= 15 is 0 Å². The highest BCUT2D eigenvalue weighted by atomic mass is 19.1. The van der Waals surface area contributed by atoms with Gasteiger partial charge in [0.1, 0.15) is 22.9 Å². The Balaban J connectivity index is 1.95. The minimum absolute atomic E-state index is 0.125. The molecular formula is C23H22FN5O2. The molecule has 4 rings (SSSR count). The fourth-order valence-corrected chi connectivity index (χ4v) is 3.49. The van der Waals surface area contributed by atoms with Gasteiger partial charge in [0.15, 0.2) is 5.65 Å². The van der Waals surface area contributed by atoms with Crippen molar-refractivity contribution in [2.75, 3.05) is 7.11 Å². The number of nitrogens with zero attached hydrogens (tertiary/aromatic N) is 5. The first-order valence-electron chi connectivity index (χ1n) is 9.77. The van der Waals surface area contributed by atoms with Crippen LogP contribution in [0.3, 0.4) is 0 Å². The SMILES string of the molecule is CC=Nc1ccc(-c2nc3c(C)nc(OC)nc3n2Cc2ccc(O)cc2F)cc1C. The van der Waals surface area contributed by atoms with Crippen LogP contribution in [0.4, 0.5) is 10.1 Å². The average molecular weight is 419 g/mol. The number of hydrogen-bond donors (Lipinski definition) is 1. The van der Waals surface area contributed by atoms with Crippen molar-refractivity contribution in [3.05, 3.63) is 59.0 Å². The summed E-state index contributed by atoms with van der Waals surface area (Å²) in [6, 6.07) is 10.2. The van der Waals surface area contributed by atoms with Gasteiger partial charge in [-0.15, -0.1) is 0 Å². The topological polar surface area (TPSA) is 85.4 Å². The number of phenolic OH excluding ortho intramolecular Hbond substituents is 1. The number of aliphatic imine (C=N–C) groups is 1. The second kappa shape index (κ2) is 8.14. The van der Waals surface area contributed by atoms with Gasteiger partial charge in [-0.2, -0.15) is 9.97 Å². The van der Waals surface area contributed by atoms with Crippen molar-refractivity contribution in [2.45, 2.75) is 27.3 Å². The molecule has 0 aliphatic heterocycles. The third kappa shape index (κ3) is 3.84. The van der Waals surface area contributed by atoms with Gasteiger partial charge in [0, 0.05) is 23.4 Å². The van der Waals surface area contributed by atoms with E-state index in [9.17, 15) is 9.50 Å². The quantitative estimate of drug-likeness (QED) is 0.473. The highest BCUT2D eigenvalue weighted by molar-refractivity contribution is 5.80. The molecule has 2 aromatic carbocycles. The van der Waals surface area contributed by atoms with Gasteiger partial charge in [-0.25, -0.2) is 9.37 Å². The van der Waals surface area contributed by atoms with Gasteiger partial charge in [-0.1, -0.05) is 6.07 Å². The van der Waals surface area contributed by atoms with E-state index in [-0.39, 0.29) is 18.3 Å². The molecule has 0 atom stereocenters. The Hall–Kier alpha value is -3.81. The summed E-state index contributed by atoms with van der Waals surface area (Å²) in [5, 5.41) is 9.57. The van der Waals surface area contributed by atoms with Gasteiger partial charge in [0.2, 0.25) is 0 Å². The van der Waals surface area contributed by atoms with Crippen LogP contribution in [0.1, 0.15) is 23.7 Å². The molecule has 2 heterocycles. The third-order valence-electron chi connectivity index (χ3n) is 5.02. The first-order valence-corrected chi connectivity index (χ1v) is 9.77. The summed E-state index contributed by atoms with van der Waals surface area (Å²) in [6.45, 7) is 5.85. The Bertz CT molecular complexity index is 1310. The predicted octanol–water partition coefficient (Wildman–Crippen LogP) is 4.73. The highest BCUT2D eigenvalue weighted by Gasteiger charge is 2.19. The molecule has 4 aromatic rings. The Labute approximate surface area is 178 Å². The van der Waals surface area contributed by atoms with Gasteiger partial charge in [-0.3, -0.25) is 4.99 Å². The van der Waals surface area contributed by atoms with E-state index in [2.05, 4.69) is 15.0 Å². The van der Waals surface area contributed by atoms with Gasteiger partial charge in [0.05, 0.1) is 25.0 Å². The molecule has 1 N–H and O–H groups in total. The first kappa shape index (κ1) is 20.5. The molecule has 0 aliphatic carbocycles. The molecule has 158 valence electrons. The normalized spacial score (nSPS) is 11.5. The zero-order valence-corrected chi connectivity index (χ0v) is 17.7. The van der Waals surface area contributed by atoms with Crippen molar-refractivity contribution < 1.29 is 14.2 Å². The summed E-state index contributed by atoms with van der Waals surface area (Å²) < 4.78 is 21.6. The number of ether oxygens (including phenoxy) is 1. The molecule has 2 aromatic heterocycles. The van der Waals surface area contributed by atoms with Gasteiger partial charge in [0.25, 0.3) is 0 Å². The Morgan fingerprint density at radius 1 is 1.13 bits per heavy atom. The monoisotopic (exact) mass is 419 g/mol. The maximum Gasteiger partial charge on any atom is 0.318 e. The summed E-state index contributed by atoms with van der Waals surface area (Å²) in [7, 11) is 1.50. The average Bonchev–Trinajstić information content (AvgIpc) is 3.10. The second-order valence-corrected chi connectivity index (χ2v) is 7.15. The summed E-state index contributed by atoms with van der Waals surface area (Å²) in [5.41, 5.74) is 4.93. The molecule has 0 spiro atoms. The van der Waals surface area contributed by atoms with Crippen molar-refractivity contribution in [2.24, 2.45) is 4.99 Å². The Morgan fingerprint density at radius 2 is 1.94 bits per heavy atom. The zero-order chi connectivity index (χ0) is 22.1. The van der Waals surface area contributed by atoms with Crippen molar-refractivity contribution in [3.63, 3.8) is 0 Å². The molecule has 31 heavy (non-hydrogen) atoms. The second-order valence-electron chi connectivity index (χ2n) is 7.15. The van der Waals surface area contributed by atoms with Crippen LogP contribution >= 0.6 is 0 Å². The molecule has 0 radical (unpaired) electrons. The number of phenols is 1. The number of aromatic hydroxyl groups is 1. The molecule has 0 aliphatic rings. The molecule has 0 fully saturated rings. The summed E-state index contributed by atoms with van der Waals surface area (Å²) in [4.78, 5) is 18.0. The lowest BCUT2D eigenvalue weighted by Crippen LogP contribution is -2.06. The van der Waals surface area contributed by atoms with Crippen LogP contribution in [0.2, 0.25) is 0 Å². The molecule has 0 unspecified atom stereocenters. The van der Waals surface area contributed by atoms with E-state index in [4.69, 9.17) is 9.72 Å². The van der Waals surface area contributed by atoms with Gasteiger partial charge >= 0.3 is 6.01 Å². The molecular weight excluding hydrogens is 397 g/mol. The van der Waals surface area contributed by atoms with Crippen LogP contribution in [0, 0.1) is 19.7 Å². The number of aromatic nitrogens is 4. The van der Waals surface area contributed by atoms with Crippen LogP contribution in [-0.2, 0) is 6.54 Å². The predicted molar refractivity (Wildman–Crippen MR) is 118 cm³/mol. The molecule has 0 bridgehead atoms. The number of methoxy groups -OCH3 is 1. The van der Waals surface area contributed by atoms with Crippen LogP contribution < -0.4 is 4.74 Å². The van der Waals surface area contributed by atoms with E-state index in [1.54, 1.807) is 12.3 Å². The van der Waals surface area contributed by atoms with Crippen LogP contribution in [0.25, 0.3) is 22.6 Å². The molecule has 0 saturated heterocycles. The van der Waals surface area contributed by atoms with Crippen molar-refractivity contribution >= 4 is 23.1 Å². The standard InChI is InChI=1S/C23H22FN5O2/c1-5-25-19-9-7-15(10-13(19)2)21-27-20-14(3)26-23(31-4)28-22(20)29(21)12-16-6-8-17(30)11-18(16)24/h5-11,30H,12H2,1-4H3. The van der Waals surface area contributed by atoms with Crippen molar-refractivity contribution in [3.8, 4) is 23.1 Å². The van der Waals surface area contributed by atoms with Crippen molar-refractivity contribution in [1.29, 1.82) is 0 Å². The summed E-state index contributed by atoms with van der Waals surface area (Å²) in [6.07, 6.45) is 1.75. The van der Waals surface area contributed by atoms with Crippen molar-refractivity contribution in [1.82, 2.24) is 19.5 Å². The molecule has 0 saturated carbocycles. The van der Waals surface area contributed by atoms with Crippen LogP contribution in [0.5, 0.6) is 11.8 Å². The number of fused-ring (bicyclic) bond motifs is 1. The molecule has 8 heteroatoms. The van der Waals surface area contributed by atoms with Gasteiger partial charge in [-0.05, 0) is 50.6 Å².